The van der Waals surface area contributed by atoms with Crippen molar-refractivity contribution in [2.75, 3.05) is 43.0 Å². The fraction of sp³-hybridized carbons (Fsp3) is 0.286. The van der Waals surface area contributed by atoms with Crippen LogP contribution in [0.4, 0.5) is 20.4 Å². The molecule has 1 saturated heterocycles. The second-order valence-electron chi connectivity index (χ2n) is 9.59. The van der Waals surface area contributed by atoms with Gasteiger partial charge in [0.05, 0.1) is 28.9 Å². The largest absolute Gasteiger partial charge is 0.394 e. The predicted molar refractivity (Wildman–Crippen MR) is 150 cm³/mol. The summed E-state index contributed by atoms with van der Waals surface area (Å²) in [6.45, 7) is 3.24. The van der Waals surface area contributed by atoms with Gasteiger partial charge in [0.15, 0.2) is 0 Å². The number of nitrogens with one attached hydrogen (secondary N) is 1. The van der Waals surface area contributed by atoms with Gasteiger partial charge >= 0.3 is 0 Å². The monoisotopic (exact) mass is 567 g/mol. The average Bonchev–Trinajstić information content (AvgIpc) is 2.98. The van der Waals surface area contributed by atoms with Gasteiger partial charge in [0, 0.05) is 72.9 Å². The lowest BCUT2D eigenvalue weighted by Crippen LogP contribution is -2.54. The van der Waals surface area contributed by atoms with Crippen LogP contribution in [0, 0.1) is 11.6 Å². The Morgan fingerprint density at radius 2 is 1.77 bits per heavy atom. The molecule has 1 fully saturated rings. The molecule has 2 aromatic carbocycles. The van der Waals surface area contributed by atoms with Gasteiger partial charge in [-0.15, -0.1) is 0 Å². The fourth-order valence-electron chi connectivity index (χ4n) is 4.74. The second kappa shape index (κ2) is 11.7. The Morgan fingerprint density at radius 1 is 1.07 bits per heavy atom. The number of nitrogens with two attached hydrogens (primary N) is 1. The van der Waals surface area contributed by atoms with E-state index in [9.17, 15) is 9.18 Å². The maximum absolute atomic E-state index is 15.2. The Bertz CT molecular complexity index is 1530. The van der Waals surface area contributed by atoms with Crippen LogP contribution in [0.2, 0.25) is 5.02 Å². The van der Waals surface area contributed by atoms with Crippen molar-refractivity contribution in [1.29, 1.82) is 0 Å². The van der Waals surface area contributed by atoms with Crippen LogP contribution in [0.1, 0.15) is 18.5 Å². The molecule has 5 rings (SSSR count). The summed E-state index contributed by atoms with van der Waals surface area (Å²) in [7, 11) is 0. The number of piperazine rings is 1. The molecular formula is C28H28ClF2N7O2. The number of hydrogen-bond donors (Lipinski definition) is 3. The summed E-state index contributed by atoms with van der Waals surface area (Å²) in [6, 6.07) is 8.07. The number of aliphatic hydroxyl groups excluding tert-OH is 1. The van der Waals surface area contributed by atoms with Gasteiger partial charge in [0.2, 0.25) is 11.9 Å². The van der Waals surface area contributed by atoms with Crippen LogP contribution < -0.4 is 16.0 Å². The van der Waals surface area contributed by atoms with Gasteiger partial charge in [0.1, 0.15) is 17.7 Å². The van der Waals surface area contributed by atoms with Gasteiger partial charge in [-0.3, -0.25) is 9.78 Å². The third kappa shape index (κ3) is 5.53. The van der Waals surface area contributed by atoms with E-state index in [1.165, 1.54) is 18.3 Å². The number of halogens is 3. The zero-order chi connectivity index (χ0) is 28.4. The van der Waals surface area contributed by atoms with Gasteiger partial charge in [0.25, 0.3) is 0 Å². The number of pyridine rings is 1. The van der Waals surface area contributed by atoms with Gasteiger partial charge in [-0.2, -0.15) is 0 Å². The minimum atomic E-state index is -0.928. The summed E-state index contributed by atoms with van der Waals surface area (Å²) in [5.41, 5.74) is 7.73. The lowest BCUT2D eigenvalue weighted by atomic mass is 10.0. The smallest absolute Gasteiger partial charge is 0.241 e. The summed E-state index contributed by atoms with van der Waals surface area (Å²) in [5, 5.41) is 13.3. The van der Waals surface area contributed by atoms with Crippen molar-refractivity contribution >= 4 is 40.0 Å². The van der Waals surface area contributed by atoms with Crippen molar-refractivity contribution in [3.63, 3.8) is 0 Å². The highest BCUT2D eigenvalue weighted by Crippen LogP contribution is 2.36. The number of benzene rings is 2. The normalized spacial score (nSPS) is 15.2. The number of fused-ring (bicyclic) bond motifs is 1. The molecule has 4 N–H and O–H groups in total. The van der Waals surface area contributed by atoms with Gasteiger partial charge in [-0.1, -0.05) is 29.8 Å². The molecule has 2 aromatic heterocycles. The Hall–Kier alpha value is -3.93. The molecule has 0 spiro atoms. The number of carbonyl (C=O) groups is 1. The van der Waals surface area contributed by atoms with Crippen molar-refractivity contribution in [3.8, 4) is 11.1 Å². The molecule has 1 aliphatic heterocycles. The van der Waals surface area contributed by atoms with E-state index in [4.69, 9.17) is 22.4 Å². The van der Waals surface area contributed by atoms with E-state index < -0.39 is 24.5 Å². The minimum absolute atomic E-state index is 0.262. The van der Waals surface area contributed by atoms with Crippen LogP contribution in [0.15, 0.2) is 55.0 Å². The quantitative estimate of drug-likeness (QED) is 0.309. The topological polar surface area (TPSA) is 121 Å². The number of aliphatic hydroxyl groups is 1. The number of carbonyl (C=O) groups excluding carboxylic acids is 1. The van der Waals surface area contributed by atoms with E-state index in [-0.39, 0.29) is 17.3 Å². The molecule has 9 nitrogen and oxygen atoms in total. The summed E-state index contributed by atoms with van der Waals surface area (Å²) in [6.07, 6.45) is 4.51. The molecular weight excluding hydrogens is 540 g/mol. The number of hydrogen-bond acceptors (Lipinski definition) is 8. The standard InChI is InChI=1S/C28H28ClF2N7O2/c1-16(18-4-2-3-5-22(18)30)36-26-20-10-19(23(31)11-25(20)33-14-21(26)29)17-12-34-28(35-13-17)38-8-6-37(7-9-38)27(40)24(32)15-39/h2-5,10-14,16,24,39H,6-9,15,32H2,1H3,(H,33,36)/t16?,24-/m0/s1. The highest BCUT2D eigenvalue weighted by molar-refractivity contribution is 6.34. The number of anilines is 2. The number of amides is 1. The average molecular weight is 568 g/mol. The Labute approximate surface area is 234 Å². The van der Waals surface area contributed by atoms with E-state index in [1.807, 2.05) is 11.8 Å². The molecule has 1 aliphatic rings. The highest BCUT2D eigenvalue weighted by Gasteiger charge is 2.26. The summed E-state index contributed by atoms with van der Waals surface area (Å²) < 4.78 is 29.6. The summed E-state index contributed by atoms with van der Waals surface area (Å²) in [5.74, 6) is -0.687. The third-order valence-electron chi connectivity index (χ3n) is 6.98. The van der Waals surface area contributed by atoms with Crippen LogP contribution in [-0.4, -0.2) is 69.7 Å². The number of nitrogens with zero attached hydrogens (tertiary/aromatic N) is 5. The Balaban J connectivity index is 1.39. The lowest BCUT2D eigenvalue weighted by Gasteiger charge is -2.35. The molecule has 0 saturated carbocycles. The van der Waals surface area contributed by atoms with Crippen LogP contribution in [0.5, 0.6) is 0 Å². The van der Waals surface area contributed by atoms with E-state index in [2.05, 4.69) is 20.3 Å². The summed E-state index contributed by atoms with van der Waals surface area (Å²) in [4.78, 5) is 28.9. The zero-order valence-electron chi connectivity index (χ0n) is 21.7. The van der Waals surface area contributed by atoms with Crippen molar-refractivity contribution in [3.05, 3.63) is 77.2 Å². The van der Waals surface area contributed by atoms with E-state index in [0.717, 1.165) is 0 Å². The SMILES string of the molecule is CC(Nc1c(Cl)cnc2cc(F)c(-c3cnc(N4CCN(C(=O)[C@@H](N)CO)CC4)nc3)cc12)c1ccccc1F. The molecule has 0 bridgehead atoms. The molecule has 4 aromatic rings. The van der Waals surface area contributed by atoms with Gasteiger partial charge in [-0.25, -0.2) is 18.7 Å². The molecule has 2 atom stereocenters. The fourth-order valence-corrected chi connectivity index (χ4v) is 4.95. The Morgan fingerprint density at radius 3 is 2.45 bits per heavy atom. The molecule has 0 radical (unpaired) electrons. The van der Waals surface area contributed by atoms with E-state index >= 15 is 4.39 Å². The molecule has 40 heavy (non-hydrogen) atoms. The van der Waals surface area contributed by atoms with E-state index in [1.54, 1.807) is 41.6 Å². The number of rotatable bonds is 7. The van der Waals surface area contributed by atoms with Gasteiger partial charge in [-0.05, 0) is 19.1 Å². The third-order valence-corrected chi connectivity index (χ3v) is 7.27. The lowest BCUT2D eigenvalue weighted by molar-refractivity contribution is -0.133. The molecule has 3 heterocycles. The second-order valence-corrected chi connectivity index (χ2v) is 10.00. The van der Waals surface area contributed by atoms with Crippen LogP contribution in [0.25, 0.3) is 22.0 Å². The molecule has 1 amide bonds. The molecule has 1 unspecified atom stereocenters. The van der Waals surface area contributed by atoms with Crippen molar-refractivity contribution < 1.29 is 18.7 Å². The molecule has 0 aliphatic carbocycles. The van der Waals surface area contributed by atoms with Crippen molar-refractivity contribution in [2.24, 2.45) is 5.73 Å². The number of aromatic nitrogens is 3. The van der Waals surface area contributed by atoms with Crippen molar-refractivity contribution in [2.45, 2.75) is 19.0 Å². The van der Waals surface area contributed by atoms with E-state index in [0.29, 0.717) is 64.9 Å². The van der Waals surface area contributed by atoms with Crippen LogP contribution >= 0.6 is 11.6 Å². The van der Waals surface area contributed by atoms with Crippen LogP contribution in [0.3, 0.4) is 0 Å². The zero-order valence-corrected chi connectivity index (χ0v) is 22.4. The maximum Gasteiger partial charge on any atom is 0.241 e. The predicted octanol–water partition coefficient (Wildman–Crippen LogP) is 3.76. The first kappa shape index (κ1) is 27.6. The highest BCUT2D eigenvalue weighted by atomic mass is 35.5. The van der Waals surface area contributed by atoms with Crippen molar-refractivity contribution in [1.82, 2.24) is 19.9 Å². The van der Waals surface area contributed by atoms with Crippen LogP contribution in [-0.2, 0) is 4.79 Å². The first-order valence-corrected chi connectivity index (χ1v) is 13.2. The maximum atomic E-state index is 15.2. The molecule has 208 valence electrons. The first-order chi connectivity index (χ1) is 19.3. The van der Waals surface area contributed by atoms with Gasteiger partial charge < -0.3 is 26.0 Å². The first-order valence-electron chi connectivity index (χ1n) is 12.8. The molecule has 12 heteroatoms. The summed E-state index contributed by atoms with van der Waals surface area (Å²) >= 11 is 6.49. The minimum Gasteiger partial charge on any atom is -0.394 e. The Kier molecular flexibility index (Phi) is 8.06.